The molecule has 3 aromatic carbocycles. The van der Waals surface area contributed by atoms with Gasteiger partial charge in [-0.25, -0.2) is 14.6 Å². The summed E-state index contributed by atoms with van der Waals surface area (Å²) in [5, 5.41) is 14.7. The topological polar surface area (TPSA) is 97.1 Å². The van der Waals surface area contributed by atoms with E-state index in [2.05, 4.69) is 9.84 Å². The molecule has 5 N–H and O–H groups in total. The molecular formula is C24H21F7N4O2. The highest BCUT2D eigenvalue weighted by molar-refractivity contribution is 5.64. The molecule has 0 heterocycles. The average Bonchev–Trinajstić information content (AvgIpc) is 2.82. The van der Waals surface area contributed by atoms with Gasteiger partial charge in [-0.15, -0.1) is 0 Å². The van der Waals surface area contributed by atoms with E-state index in [4.69, 9.17) is 11.7 Å². The van der Waals surface area contributed by atoms with Gasteiger partial charge in [-0.1, -0.05) is 36.4 Å². The maximum atomic E-state index is 15.8. The molecule has 0 aromatic heterocycles. The Morgan fingerprint density at radius 2 is 1.46 bits per heavy atom. The van der Waals surface area contributed by atoms with Crippen molar-refractivity contribution in [2.24, 2.45) is 16.8 Å². The number of nitrogens with two attached hydrogens (primary N) is 2. The Morgan fingerprint density at radius 1 is 0.892 bits per heavy atom. The van der Waals surface area contributed by atoms with Crippen molar-refractivity contribution >= 4 is 6.34 Å². The Hall–Kier alpha value is -3.84. The first-order chi connectivity index (χ1) is 17.3. The van der Waals surface area contributed by atoms with Crippen LogP contribution in [0.1, 0.15) is 11.1 Å². The van der Waals surface area contributed by atoms with E-state index in [9.17, 15) is 27.1 Å². The Labute approximate surface area is 206 Å². The summed E-state index contributed by atoms with van der Waals surface area (Å²) in [6.45, 7) is -2.55. The van der Waals surface area contributed by atoms with Crippen LogP contribution >= 0.6 is 0 Å². The average molecular weight is 530 g/mol. The summed E-state index contributed by atoms with van der Waals surface area (Å²) in [6, 6.07) is 11.7. The van der Waals surface area contributed by atoms with Gasteiger partial charge in [0.05, 0.1) is 6.54 Å². The Bertz CT molecular complexity index is 1240. The molecule has 0 fully saturated rings. The number of hydrazine groups is 1. The second-order valence-electron chi connectivity index (χ2n) is 8.00. The third kappa shape index (κ3) is 6.30. The van der Waals surface area contributed by atoms with E-state index < -0.39 is 53.6 Å². The normalized spacial score (nSPS) is 14.0. The molecule has 6 nitrogen and oxygen atoms in total. The van der Waals surface area contributed by atoms with Gasteiger partial charge < -0.3 is 15.7 Å². The van der Waals surface area contributed by atoms with E-state index >= 15 is 8.78 Å². The molecule has 0 radical (unpaired) electrons. The molecule has 1 atom stereocenters. The quantitative estimate of drug-likeness (QED) is 0.123. The van der Waals surface area contributed by atoms with Crippen LogP contribution in [0.5, 0.6) is 5.75 Å². The van der Waals surface area contributed by atoms with Gasteiger partial charge in [0.2, 0.25) is 0 Å². The second-order valence-corrected chi connectivity index (χ2v) is 8.00. The van der Waals surface area contributed by atoms with Crippen LogP contribution in [0.3, 0.4) is 0 Å². The zero-order valence-corrected chi connectivity index (χ0v) is 18.9. The summed E-state index contributed by atoms with van der Waals surface area (Å²) in [5.41, 5.74) is -4.06. The molecule has 0 amide bonds. The number of halogens is 7. The highest BCUT2D eigenvalue weighted by atomic mass is 19.4. The van der Waals surface area contributed by atoms with Crippen molar-refractivity contribution in [1.82, 2.24) is 5.01 Å². The van der Waals surface area contributed by atoms with Crippen molar-refractivity contribution in [2.75, 3.05) is 13.2 Å². The lowest BCUT2D eigenvalue weighted by molar-refractivity contribution is -0.201. The second kappa shape index (κ2) is 10.6. The van der Waals surface area contributed by atoms with Crippen molar-refractivity contribution in [2.45, 2.75) is 17.7 Å². The molecule has 3 aromatic rings. The third-order valence-electron chi connectivity index (χ3n) is 5.36. The van der Waals surface area contributed by atoms with Crippen LogP contribution in [0, 0.1) is 11.6 Å². The molecule has 0 aliphatic carbocycles. The highest BCUT2D eigenvalue weighted by Gasteiger charge is 2.57. The van der Waals surface area contributed by atoms with E-state index in [-0.39, 0.29) is 5.75 Å². The van der Waals surface area contributed by atoms with Crippen LogP contribution in [-0.2, 0) is 11.5 Å². The number of hydrogen-bond donors (Lipinski definition) is 3. The molecule has 0 saturated heterocycles. The molecule has 37 heavy (non-hydrogen) atoms. The fourth-order valence-electron chi connectivity index (χ4n) is 3.59. The van der Waals surface area contributed by atoms with E-state index in [0.717, 1.165) is 18.5 Å². The molecule has 0 saturated carbocycles. The largest absolute Gasteiger partial charge is 0.484 e. The maximum absolute atomic E-state index is 15.8. The Balaban J connectivity index is 1.93. The first-order valence-electron chi connectivity index (χ1n) is 10.5. The molecule has 3 rings (SSSR count). The van der Waals surface area contributed by atoms with Crippen LogP contribution < -0.4 is 16.4 Å². The number of rotatable bonds is 9. The van der Waals surface area contributed by atoms with Crippen LogP contribution in [0.4, 0.5) is 30.7 Å². The summed E-state index contributed by atoms with van der Waals surface area (Å²) >= 11 is 0. The molecule has 0 aliphatic rings. The first kappa shape index (κ1) is 27.7. The molecule has 198 valence electrons. The predicted octanol–water partition coefficient (Wildman–Crippen LogP) is 4.63. The fraction of sp³-hybridized carbons (Fsp3) is 0.208. The SMILES string of the molecule is N/N=C\N(N)CC(O)(c1ccc(F)cc1F)C(F)(F)c1ccc(-c2ccc(OCC(F)(F)F)cc2)cc1. The summed E-state index contributed by atoms with van der Waals surface area (Å²) in [4.78, 5) is 0. The standard InChI is InChI=1S/C24H21F7N4O2/c25-18-7-10-20(21(26)11-18)22(36,12-35(33)14-34-32)24(30,31)17-5-1-15(2-6-17)16-3-8-19(9-4-16)37-13-23(27,28)29/h1-11,14,36H,12-13,32-33H2/b34-14-. The summed E-state index contributed by atoms with van der Waals surface area (Å²) in [6.07, 6.45) is -3.77. The van der Waals surface area contributed by atoms with E-state index in [1.807, 2.05) is 0 Å². The molecule has 0 spiro atoms. The van der Waals surface area contributed by atoms with Crippen LogP contribution in [0.2, 0.25) is 0 Å². The van der Waals surface area contributed by atoms with Crippen molar-refractivity contribution in [3.8, 4) is 16.9 Å². The highest BCUT2D eigenvalue weighted by Crippen LogP contribution is 2.47. The molecular weight excluding hydrogens is 509 g/mol. The molecule has 13 heteroatoms. The summed E-state index contributed by atoms with van der Waals surface area (Å²) in [7, 11) is 0. The summed E-state index contributed by atoms with van der Waals surface area (Å²) in [5.74, 6) is 3.86. The van der Waals surface area contributed by atoms with Crippen molar-refractivity contribution < 1.29 is 40.6 Å². The number of ether oxygens (including phenoxy) is 1. The lowest BCUT2D eigenvalue weighted by Gasteiger charge is -2.38. The number of nitrogens with zero attached hydrogens (tertiary/aromatic N) is 2. The Kier molecular flexibility index (Phi) is 7.98. The molecule has 0 bridgehead atoms. The zero-order valence-electron chi connectivity index (χ0n) is 18.9. The number of alkyl halides is 5. The minimum absolute atomic E-state index is 0.0389. The number of hydrazone groups is 1. The van der Waals surface area contributed by atoms with Gasteiger partial charge in [0.1, 0.15) is 23.7 Å². The number of hydrogen-bond acceptors (Lipinski definition) is 5. The lowest BCUT2D eigenvalue weighted by atomic mass is 9.82. The van der Waals surface area contributed by atoms with Crippen LogP contribution in [0.25, 0.3) is 11.1 Å². The van der Waals surface area contributed by atoms with Gasteiger partial charge in [-0.2, -0.15) is 27.1 Å². The van der Waals surface area contributed by atoms with Gasteiger partial charge in [0.25, 0.3) is 0 Å². The minimum atomic E-state index is -4.50. The lowest BCUT2D eigenvalue weighted by Crippen LogP contribution is -2.53. The first-order valence-corrected chi connectivity index (χ1v) is 10.5. The van der Waals surface area contributed by atoms with E-state index in [1.54, 1.807) is 0 Å². The third-order valence-corrected chi connectivity index (χ3v) is 5.36. The van der Waals surface area contributed by atoms with E-state index in [1.165, 1.54) is 36.4 Å². The van der Waals surface area contributed by atoms with Gasteiger partial charge in [0, 0.05) is 17.2 Å². The van der Waals surface area contributed by atoms with Crippen molar-refractivity contribution in [1.29, 1.82) is 0 Å². The van der Waals surface area contributed by atoms with Crippen molar-refractivity contribution in [3.05, 3.63) is 89.5 Å². The minimum Gasteiger partial charge on any atom is -0.484 e. The Morgan fingerprint density at radius 3 is 1.97 bits per heavy atom. The van der Waals surface area contributed by atoms with Gasteiger partial charge in [-0.3, -0.25) is 5.01 Å². The van der Waals surface area contributed by atoms with Gasteiger partial charge >= 0.3 is 12.1 Å². The van der Waals surface area contributed by atoms with Crippen molar-refractivity contribution in [3.63, 3.8) is 0 Å². The maximum Gasteiger partial charge on any atom is 0.422 e. The number of benzene rings is 3. The fourth-order valence-corrected chi connectivity index (χ4v) is 3.59. The van der Waals surface area contributed by atoms with Gasteiger partial charge in [-0.05, 0) is 35.4 Å². The smallest absolute Gasteiger partial charge is 0.422 e. The van der Waals surface area contributed by atoms with Gasteiger partial charge in [0.15, 0.2) is 12.2 Å². The number of aliphatic hydroxyl groups is 1. The molecule has 0 aliphatic heterocycles. The summed E-state index contributed by atoms with van der Waals surface area (Å²) < 4.78 is 101. The zero-order chi connectivity index (χ0) is 27.4. The van der Waals surface area contributed by atoms with Crippen LogP contribution in [-0.4, -0.2) is 35.8 Å². The molecule has 1 unspecified atom stereocenters. The monoisotopic (exact) mass is 530 g/mol. The predicted molar refractivity (Wildman–Crippen MR) is 121 cm³/mol. The van der Waals surface area contributed by atoms with E-state index in [0.29, 0.717) is 34.3 Å². The van der Waals surface area contributed by atoms with Crippen LogP contribution in [0.15, 0.2) is 71.8 Å².